The lowest BCUT2D eigenvalue weighted by Gasteiger charge is -2.16. The highest BCUT2D eigenvalue weighted by Crippen LogP contribution is 2.37. The Bertz CT molecular complexity index is 1090. The number of hydrogen-bond acceptors (Lipinski definition) is 8. The summed E-state index contributed by atoms with van der Waals surface area (Å²) in [5.74, 6) is -0.580. The second-order valence-corrected chi connectivity index (χ2v) is 7.97. The normalized spacial score (nSPS) is 15.1. The van der Waals surface area contributed by atoms with Crippen LogP contribution in [0.15, 0.2) is 41.3 Å². The second-order valence-electron chi connectivity index (χ2n) is 5.48. The Balaban J connectivity index is 1.93. The first kappa shape index (κ1) is 21.0. The van der Waals surface area contributed by atoms with E-state index in [0.717, 1.165) is 35.0 Å². The number of nitrogens with zero attached hydrogens (tertiary/aromatic N) is 3. The number of amides is 1. The number of anilines is 1. The third-order valence-corrected chi connectivity index (χ3v) is 5.65. The molecule has 1 aliphatic rings. The predicted octanol–water partition coefficient (Wildman–Crippen LogP) is 5.04. The molecule has 3 rings (SSSR count). The van der Waals surface area contributed by atoms with Gasteiger partial charge < -0.3 is 0 Å². The Hall–Kier alpha value is -2.73. The zero-order valence-electron chi connectivity index (χ0n) is 14.0. The van der Waals surface area contributed by atoms with E-state index in [2.05, 4.69) is 5.43 Å². The lowest BCUT2D eigenvalue weighted by Crippen LogP contribution is -2.34. The quantitative estimate of drug-likeness (QED) is 0.279. The summed E-state index contributed by atoms with van der Waals surface area (Å²) in [5, 5.41) is 23.7. The summed E-state index contributed by atoms with van der Waals surface area (Å²) < 4.78 is 0.0806. The lowest BCUT2D eigenvalue weighted by atomic mass is 10.2. The Morgan fingerprint density at radius 2 is 1.76 bits per heavy atom. The third-order valence-electron chi connectivity index (χ3n) is 3.69. The number of halogens is 2. The molecule has 29 heavy (non-hydrogen) atoms. The molecule has 1 amide bonds. The van der Waals surface area contributed by atoms with Gasteiger partial charge in [-0.3, -0.25) is 30.4 Å². The van der Waals surface area contributed by atoms with E-state index in [1.54, 1.807) is 18.2 Å². The van der Waals surface area contributed by atoms with Gasteiger partial charge in [0.1, 0.15) is 5.69 Å². The molecule has 0 aliphatic carbocycles. The van der Waals surface area contributed by atoms with Gasteiger partial charge in [0.15, 0.2) is 4.32 Å². The van der Waals surface area contributed by atoms with E-state index in [1.807, 2.05) is 0 Å². The number of thioether (sulfide) groups is 1. The van der Waals surface area contributed by atoms with Gasteiger partial charge in [-0.1, -0.05) is 41.0 Å². The van der Waals surface area contributed by atoms with Gasteiger partial charge in [-0.25, -0.2) is 5.01 Å². The van der Waals surface area contributed by atoms with Gasteiger partial charge in [0.05, 0.1) is 20.8 Å². The number of nitro groups is 2. The van der Waals surface area contributed by atoms with Gasteiger partial charge in [0.2, 0.25) is 0 Å². The van der Waals surface area contributed by atoms with Crippen LogP contribution in [0.5, 0.6) is 0 Å². The molecule has 0 unspecified atom stereocenters. The van der Waals surface area contributed by atoms with Crippen LogP contribution < -0.4 is 5.43 Å². The molecule has 9 nitrogen and oxygen atoms in total. The molecule has 148 valence electrons. The average Bonchev–Trinajstić information content (AvgIpc) is 2.92. The van der Waals surface area contributed by atoms with E-state index in [4.69, 9.17) is 35.4 Å². The van der Waals surface area contributed by atoms with Crippen molar-refractivity contribution in [2.24, 2.45) is 0 Å². The summed E-state index contributed by atoms with van der Waals surface area (Å²) in [6.07, 6.45) is 1.47. The summed E-state index contributed by atoms with van der Waals surface area (Å²) in [6.45, 7) is 0. The van der Waals surface area contributed by atoms with Crippen LogP contribution in [-0.4, -0.2) is 25.1 Å². The first-order valence-corrected chi connectivity index (χ1v) is 9.58. The lowest BCUT2D eigenvalue weighted by molar-refractivity contribution is -0.393. The number of non-ortho nitro benzene ring substituents is 1. The number of hydrazine groups is 1. The van der Waals surface area contributed by atoms with Crippen molar-refractivity contribution in [3.63, 3.8) is 0 Å². The molecule has 1 fully saturated rings. The van der Waals surface area contributed by atoms with Gasteiger partial charge in [-0.15, -0.1) is 0 Å². The van der Waals surface area contributed by atoms with Crippen molar-refractivity contribution in [2.45, 2.75) is 0 Å². The molecule has 1 saturated heterocycles. The fourth-order valence-corrected chi connectivity index (χ4v) is 4.01. The van der Waals surface area contributed by atoms with E-state index in [-0.39, 0.29) is 14.9 Å². The van der Waals surface area contributed by atoms with Crippen LogP contribution in [-0.2, 0) is 4.79 Å². The van der Waals surface area contributed by atoms with Crippen LogP contribution in [0.3, 0.4) is 0 Å². The number of carbonyl (C=O) groups is 1. The highest BCUT2D eigenvalue weighted by molar-refractivity contribution is 8.26. The summed E-state index contributed by atoms with van der Waals surface area (Å²) in [4.78, 5) is 33.5. The van der Waals surface area contributed by atoms with Crippen molar-refractivity contribution in [3.8, 4) is 0 Å². The maximum Gasteiger partial charge on any atom is 0.300 e. The van der Waals surface area contributed by atoms with Crippen LogP contribution in [0.2, 0.25) is 10.0 Å². The van der Waals surface area contributed by atoms with Crippen molar-refractivity contribution < 1.29 is 14.6 Å². The molecule has 0 bridgehead atoms. The summed E-state index contributed by atoms with van der Waals surface area (Å²) in [5.41, 5.74) is 1.81. The molecule has 0 spiro atoms. The molecular formula is C16H8Cl2N4O5S2. The minimum Gasteiger partial charge on any atom is -0.283 e. The van der Waals surface area contributed by atoms with E-state index in [1.165, 1.54) is 6.08 Å². The molecule has 1 heterocycles. The SMILES string of the molecule is O=C1/C(=C\c2c(Cl)cccc2Cl)SC(=S)N1Nc1ccc([N+](=O)[O-])cc1[N+](=O)[O-]. The second kappa shape index (κ2) is 8.33. The highest BCUT2D eigenvalue weighted by Gasteiger charge is 2.34. The summed E-state index contributed by atoms with van der Waals surface area (Å²) in [7, 11) is 0. The maximum atomic E-state index is 12.7. The smallest absolute Gasteiger partial charge is 0.283 e. The van der Waals surface area contributed by atoms with Gasteiger partial charge >= 0.3 is 5.69 Å². The van der Waals surface area contributed by atoms with Gasteiger partial charge in [-0.05, 0) is 36.5 Å². The molecular weight excluding hydrogens is 463 g/mol. The molecule has 2 aromatic rings. The van der Waals surface area contributed by atoms with Crippen molar-refractivity contribution in [2.75, 3.05) is 5.43 Å². The van der Waals surface area contributed by atoms with Crippen molar-refractivity contribution in [3.05, 3.63) is 77.1 Å². The van der Waals surface area contributed by atoms with E-state index in [9.17, 15) is 25.0 Å². The Morgan fingerprint density at radius 3 is 2.34 bits per heavy atom. The zero-order valence-corrected chi connectivity index (χ0v) is 17.1. The fraction of sp³-hybridized carbons (Fsp3) is 0. The highest BCUT2D eigenvalue weighted by atomic mass is 35.5. The van der Waals surface area contributed by atoms with Crippen molar-refractivity contribution >= 4 is 80.5 Å². The predicted molar refractivity (Wildman–Crippen MR) is 115 cm³/mol. The third kappa shape index (κ3) is 4.32. The number of hydrogen-bond donors (Lipinski definition) is 1. The van der Waals surface area contributed by atoms with Crippen molar-refractivity contribution in [1.29, 1.82) is 0 Å². The van der Waals surface area contributed by atoms with E-state index in [0.29, 0.717) is 15.6 Å². The van der Waals surface area contributed by atoms with Crippen LogP contribution in [0.25, 0.3) is 6.08 Å². The first-order chi connectivity index (χ1) is 13.7. The molecule has 13 heteroatoms. The minimum absolute atomic E-state index is 0.0806. The van der Waals surface area contributed by atoms with Crippen LogP contribution in [0.4, 0.5) is 17.1 Å². The number of nitrogens with one attached hydrogen (secondary N) is 1. The van der Waals surface area contributed by atoms with E-state index >= 15 is 0 Å². The summed E-state index contributed by atoms with van der Waals surface area (Å²) in [6, 6.07) is 7.87. The molecule has 1 aliphatic heterocycles. The molecule has 1 N–H and O–H groups in total. The van der Waals surface area contributed by atoms with Crippen LogP contribution in [0, 0.1) is 20.2 Å². The minimum atomic E-state index is -0.799. The average molecular weight is 471 g/mol. The standard InChI is InChI=1S/C16H8Cl2N4O5S2/c17-10-2-1-3-11(18)9(10)7-14-15(23)20(16(28)29-14)19-12-5-4-8(21(24)25)6-13(12)22(26)27/h1-7,19H/b14-7+. The van der Waals surface area contributed by atoms with Crippen LogP contribution in [0.1, 0.15) is 5.56 Å². The number of carbonyl (C=O) groups excluding carboxylic acids is 1. The Kier molecular flexibility index (Phi) is 6.03. The van der Waals surface area contributed by atoms with Gasteiger partial charge in [0, 0.05) is 21.7 Å². The topological polar surface area (TPSA) is 119 Å². The Labute approximate surface area is 182 Å². The largest absolute Gasteiger partial charge is 0.300 e. The summed E-state index contributed by atoms with van der Waals surface area (Å²) >= 11 is 18.3. The van der Waals surface area contributed by atoms with Gasteiger partial charge in [0.25, 0.3) is 11.6 Å². The van der Waals surface area contributed by atoms with Crippen LogP contribution >= 0.6 is 47.2 Å². The molecule has 0 aromatic heterocycles. The monoisotopic (exact) mass is 470 g/mol. The Morgan fingerprint density at radius 1 is 1.10 bits per heavy atom. The van der Waals surface area contributed by atoms with E-state index < -0.39 is 27.1 Å². The van der Waals surface area contributed by atoms with Crippen molar-refractivity contribution in [1.82, 2.24) is 5.01 Å². The molecule has 0 atom stereocenters. The van der Waals surface area contributed by atoms with Gasteiger partial charge in [-0.2, -0.15) is 0 Å². The molecule has 2 aromatic carbocycles. The maximum absolute atomic E-state index is 12.7. The molecule has 0 saturated carbocycles. The number of nitro benzene ring substituents is 2. The zero-order chi connectivity index (χ0) is 21.3. The number of benzene rings is 2. The fourth-order valence-electron chi connectivity index (χ4n) is 2.34. The first-order valence-electron chi connectivity index (χ1n) is 7.60. The number of rotatable bonds is 5. The number of thiocarbonyl (C=S) groups is 1. The molecule has 0 radical (unpaired) electrons.